The summed E-state index contributed by atoms with van der Waals surface area (Å²) in [6.07, 6.45) is 1.20. The molecule has 0 aliphatic heterocycles. The number of halogens is 3. The molecule has 1 unspecified atom stereocenters. The van der Waals surface area contributed by atoms with Gasteiger partial charge in [0.1, 0.15) is 5.75 Å². The van der Waals surface area contributed by atoms with Gasteiger partial charge in [-0.2, -0.15) is 8.78 Å². The first-order chi connectivity index (χ1) is 15.4. The van der Waals surface area contributed by atoms with E-state index >= 15 is 0 Å². The number of para-hydroxylation sites is 2. The summed E-state index contributed by atoms with van der Waals surface area (Å²) < 4.78 is 27.7. The van der Waals surface area contributed by atoms with Crippen LogP contribution in [0.1, 0.15) is 22.8 Å². The molecule has 0 radical (unpaired) electrons. The number of nitrogens with one attached hydrogen (secondary N) is 2. The Bertz CT molecular complexity index is 1000. The lowest BCUT2D eigenvalue weighted by Gasteiger charge is -2.14. The van der Waals surface area contributed by atoms with E-state index in [-0.39, 0.29) is 23.4 Å². The zero-order chi connectivity index (χ0) is 23.3. The molecule has 5 nitrogen and oxygen atoms in total. The molecule has 0 aliphatic carbocycles. The predicted molar refractivity (Wildman–Crippen MR) is 121 cm³/mol. The molecule has 2 amide bonds. The lowest BCUT2D eigenvalue weighted by atomic mass is 10.1. The SMILES string of the molecule is CC(Cc1ccccc1)NC(=O)c1ccccc1Cl.O=CNc1ccccc1OC(F)F. The molecule has 168 valence electrons. The number of anilines is 1. The van der Waals surface area contributed by atoms with Crippen molar-refractivity contribution in [2.24, 2.45) is 0 Å². The topological polar surface area (TPSA) is 67.4 Å². The standard InChI is InChI=1S/C16H16ClNO.C8H7F2NO2/c1-12(11-13-7-3-2-4-8-13)18-16(19)14-9-5-6-10-15(14)17;9-8(10)13-7-4-2-1-3-6(7)11-5-12/h2-10,12H,11H2,1H3,(H,18,19);1-5,8H,(H,11,12). The van der Waals surface area contributed by atoms with Crippen molar-refractivity contribution in [1.82, 2.24) is 5.32 Å². The number of ether oxygens (including phenoxy) is 1. The van der Waals surface area contributed by atoms with Gasteiger partial charge in [-0.25, -0.2) is 0 Å². The molecule has 2 N–H and O–H groups in total. The van der Waals surface area contributed by atoms with Crippen LogP contribution in [0, 0.1) is 0 Å². The Labute approximate surface area is 190 Å². The van der Waals surface area contributed by atoms with Crippen LogP contribution >= 0.6 is 11.6 Å². The van der Waals surface area contributed by atoms with Crippen molar-refractivity contribution in [3.63, 3.8) is 0 Å². The third-order valence-corrected chi connectivity index (χ3v) is 4.53. The van der Waals surface area contributed by atoms with Gasteiger partial charge in [-0.1, -0.05) is 66.2 Å². The van der Waals surface area contributed by atoms with Gasteiger partial charge in [-0.15, -0.1) is 0 Å². The van der Waals surface area contributed by atoms with Crippen molar-refractivity contribution in [3.05, 3.63) is 95.0 Å². The van der Waals surface area contributed by atoms with Crippen LogP contribution in [0.5, 0.6) is 5.75 Å². The largest absolute Gasteiger partial charge is 0.433 e. The highest BCUT2D eigenvalue weighted by Crippen LogP contribution is 2.24. The van der Waals surface area contributed by atoms with Crippen molar-refractivity contribution in [2.75, 3.05) is 5.32 Å². The van der Waals surface area contributed by atoms with Crippen molar-refractivity contribution >= 4 is 29.6 Å². The fraction of sp³-hybridized carbons (Fsp3) is 0.167. The van der Waals surface area contributed by atoms with E-state index in [9.17, 15) is 18.4 Å². The number of rotatable bonds is 8. The Morgan fingerprint density at radius 3 is 2.28 bits per heavy atom. The maximum atomic E-state index is 12.1. The van der Waals surface area contributed by atoms with E-state index in [4.69, 9.17) is 11.6 Å². The van der Waals surface area contributed by atoms with Crippen LogP contribution < -0.4 is 15.4 Å². The number of benzene rings is 3. The van der Waals surface area contributed by atoms with Crippen LogP contribution in [-0.4, -0.2) is 25.0 Å². The number of carbonyl (C=O) groups is 2. The van der Waals surface area contributed by atoms with E-state index in [0.29, 0.717) is 17.0 Å². The summed E-state index contributed by atoms with van der Waals surface area (Å²) in [5, 5.41) is 5.68. The summed E-state index contributed by atoms with van der Waals surface area (Å²) in [5.74, 6) is -0.182. The van der Waals surface area contributed by atoms with Gasteiger partial charge in [0.25, 0.3) is 5.91 Å². The molecule has 0 saturated heterocycles. The molecule has 8 heteroatoms. The van der Waals surface area contributed by atoms with Crippen molar-refractivity contribution in [3.8, 4) is 5.75 Å². The molecule has 1 atom stereocenters. The van der Waals surface area contributed by atoms with Gasteiger partial charge in [0.15, 0.2) is 0 Å². The smallest absolute Gasteiger partial charge is 0.387 e. The Balaban J connectivity index is 0.000000244. The first kappa shape index (κ1) is 24.8. The average molecular weight is 461 g/mol. The van der Waals surface area contributed by atoms with E-state index in [1.54, 1.807) is 18.2 Å². The van der Waals surface area contributed by atoms with Crippen LogP contribution in [0.25, 0.3) is 0 Å². The van der Waals surface area contributed by atoms with Gasteiger partial charge in [-0.05, 0) is 43.2 Å². The second-order valence-corrected chi connectivity index (χ2v) is 7.09. The third-order valence-electron chi connectivity index (χ3n) is 4.20. The van der Waals surface area contributed by atoms with Crippen molar-refractivity contribution in [2.45, 2.75) is 26.0 Å². The highest BCUT2D eigenvalue weighted by Gasteiger charge is 2.12. The summed E-state index contributed by atoms with van der Waals surface area (Å²) in [6.45, 7) is -0.906. The third kappa shape index (κ3) is 8.35. The van der Waals surface area contributed by atoms with E-state index in [0.717, 1.165) is 6.42 Å². The highest BCUT2D eigenvalue weighted by molar-refractivity contribution is 6.33. The lowest BCUT2D eigenvalue weighted by molar-refractivity contribution is -0.105. The van der Waals surface area contributed by atoms with Crippen LogP contribution in [0.2, 0.25) is 5.02 Å². The zero-order valence-corrected chi connectivity index (χ0v) is 18.1. The lowest BCUT2D eigenvalue weighted by Crippen LogP contribution is -2.34. The number of hydrogen-bond donors (Lipinski definition) is 2. The molecule has 32 heavy (non-hydrogen) atoms. The quantitative estimate of drug-likeness (QED) is 0.432. The van der Waals surface area contributed by atoms with Gasteiger partial charge in [0, 0.05) is 6.04 Å². The van der Waals surface area contributed by atoms with Crippen molar-refractivity contribution in [1.29, 1.82) is 0 Å². The maximum absolute atomic E-state index is 12.1. The molecular weight excluding hydrogens is 438 g/mol. The summed E-state index contributed by atoms with van der Waals surface area (Å²) in [7, 11) is 0. The van der Waals surface area contributed by atoms with E-state index in [1.165, 1.54) is 23.8 Å². The summed E-state index contributed by atoms with van der Waals surface area (Å²) in [5.41, 5.74) is 1.94. The molecular formula is C24H23ClF2N2O3. The zero-order valence-electron chi connectivity index (χ0n) is 17.3. The average Bonchev–Trinajstić information content (AvgIpc) is 2.76. The number of carbonyl (C=O) groups excluding carboxylic acids is 2. The molecule has 0 aliphatic rings. The molecule has 0 bridgehead atoms. The molecule has 3 aromatic carbocycles. The minimum absolute atomic E-state index is 0.0513. The normalized spacial score (nSPS) is 11.0. The fourth-order valence-electron chi connectivity index (χ4n) is 2.81. The molecule has 3 aromatic rings. The van der Waals surface area contributed by atoms with Gasteiger partial charge in [0.2, 0.25) is 6.41 Å². The summed E-state index contributed by atoms with van der Waals surface area (Å²) >= 11 is 6.00. The molecule has 3 rings (SSSR count). The molecule has 0 spiro atoms. The van der Waals surface area contributed by atoms with E-state index < -0.39 is 6.61 Å². The minimum atomic E-state index is -2.89. The number of amides is 2. The fourth-order valence-corrected chi connectivity index (χ4v) is 3.04. The van der Waals surface area contributed by atoms with E-state index in [2.05, 4.69) is 27.5 Å². The second kappa shape index (κ2) is 13.1. The van der Waals surface area contributed by atoms with Crippen molar-refractivity contribution < 1.29 is 23.1 Å². The van der Waals surface area contributed by atoms with Gasteiger partial charge in [0.05, 0.1) is 16.3 Å². The monoisotopic (exact) mass is 460 g/mol. The highest BCUT2D eigenvalue weighted by atomic mass is 35.5. The van der Waals surface area contributed by atoms with Crippen LogP contribution in [0.15, 0.2) is 78.9 Å². The molecule has 0 heterocycles. The van der Waals surface area contributed by atoms with Gasteiger partial charge in [-0.3, -0.25) is 9.59 Å². The Morgan fingerprint density at radius 2 is 1.62 bits per heavy atom. The Kier molecular flexibility index (Phi) is 10.1. The van der Waals surface area contributed by atoms with Crippen LogP contribution in [-0.2, 0) is 11.2 Å². The Morgan fingerprint density at radius 1 is 1.00 bits per heavy atom. The Hall–Kier alpha value is -3.45. The van der Waals surface area contributed by atoms with Gasteiger partial charge < -0.3 is 15.4 Å². The second-order valence-electron chi connectivity index (χ2n) is 6.68. The summed E-state index contributed by atoms with van der Waals surface area (Å²) in [4.78, 5) is 22.1. The summed E-state index contributed by atoms with van der Waals surface area (Å²) in [6, 6.07) is 23.2. The number of hydrogen-bond acceptors (Lipinski definition) is 3. The van der Waals surface area contributed by atoms with E-state index in [1.807, 2.05) is 37.3 Å². The number of alkyl halides is 2. The van der Waals surface area contributed by atoms with Crippen LogP contribution in [0.3, 0.4) is 0 Å². The minimum Gasteiger partial charge on any atom is -0.433 e. The molecule has 0 saturated carbocycles. The van der Waals surface area contributed by atoms with Crippen LogP contribution in [0.4, 0.5) is 14.5 Å². The molecule has 0 aromatic heterocycles. The first-order valence-corrected chi connectivity index (χ1v) is 10.1. The molecule has 0 fully saturated rings. The predicted octanol–water partition coefficient (Wildman–Crippen LogP) is 5.56. The maximum Gasteiger partial charge on any atom is 0.387 e. The van der Waals surface area contributed by atoms with Gasteiger partial charge >= 0.3 is 6.61 Å². The first-order valence-electron chi connectivity index (χ1n) is 9.74.